The number of Topliss-reactive ketones (excluding diaryl/α,β-unsaturated/α-hetero) is 1. The Bertz CT molecular complexity index is 876. The fourth-order valence-corrected chi connectivity index (χ4v) is 2.78. The molecule has 1 saturated heterocycles. The predicted octanol–water partition coefficient (Wildman–Crippen LogP) is 2.72. The predicted molar refractivity (Wildman–Crippen MR) is 101 cm³/mol. The van der Waals surface area contributed by atoms with E-state index in [4.69, 9.17) is 10.2 Å². The summed E-state index contributed by atoms with van der Waals surface area (Å²) in [6.07, 6.45) is 3.48. The van der Waals surface area contributed by atoms with Gasteiger partial charge in [0.15, 0.2) is 5.78 Å². The zero-order valence-corrected chi connectivity index (χ0v) is 14.3. The zero-order chi connectivity index (χ0) is 19.4. The average molecular weight is 363 g/mol. The topological polar surface area (TPSA) is 104 Å². The molecule has 2 aromatic carbocycles. The van der Waals surface area contributed by atoms with Crippen molar-refractivity contribution in [2.45, 2.75) is 0 Å². The van der Waals surface area contributed by atoms with Gasteiger partial charge in [-0.1, -0.05) is 24.3 Å². The van der Waals surface area contributed by atoms with Crippen molar-refractivity contribution in [3.05, 3.63) is 81.9 Å². The summed E-state index contributed by atoms with van der Waals surface area (Å²) < 4.78 is 0. The molecule has 1 aliphatic rings. The van der Waals surface area contributed by atoms with Gasteiger partial charge in [-0.2, -0.15) is 0 Å². The quantitative estimate of drug-likeness (QED) is 0.722. The zero-order valence-electron chi connectivity index (χ0n) is 14.3. The first-order chi connectivity index (χ1) is 12.9. The molecule has 0 saturated carbocycles. The van der Waals surface area contributed by atoms with Crippen LogP contribution in [0.15, 0.2) is 59.7 Å². The van der Waals surface area contributed by atoms with Crippen molar-refractivity contribution < 1.29 is 24.6 Å². The lowest BCUT2D eigenvalue weighted by molar-refractivity contribution is -0.112. The maximum Gasteiger partial charge on any atom is 0.335 e. The Kier molecular flexibility index (Phi) is 5.28. The number of aromatic carboxylic acids is 2. The highest BCUT2D eigenvalue weighted by molar-refractivity contribution is 6.14. The third-order valence-corrected chi connectivity index (χ3v) is 4.21. The summed E-state index contributed by atoms with van der Waals surface area (Å²) in [6.45, 7) is 0.851. The van der Waals surface area contributed by atoms with Gasteiger partial charge in [0.1, 0.15) is 0 Å². The minimum absolute atomic E-state index is 0.0848. The third kappa shape index (κ3) is 4.37. The van der Waals surface area contributed by atoms with E-state index >= 15 is 0 Å². The Morgan fingerprint density at radius 3 is 1.44 bits per heavy atom. The minimum atomic E-state index is -0.997. The molecule has 0 amide bonds. The molecule has 0 aromatic heterocycles. The highest BCUT2D eigenvalue weighted by Gasteiger charge is 2.20. The monoisotopic (exact) mass is 363 g/mol. The highest BCUT2D eigenvalue weighted by Crippen LogP contribution is 2.18. The number of carboxylic acids is 2. The molecule has 2 aromatic rings. The SMILES string of the molecule is O=C1/C(=C\c2ccc(C(=O)O)cc2)CNC/C1=C\c1ccc(C(=O)O)cc1. The van der Waals surface area contributed by atoms with Gasteiger partial charge >= 0.3 is 11.9 Å². The van der Waals surface area contributed by atoms with Crippen molar-refractivity contribution in [1.82, 2.24) is 5.32 Å². The van der Waals surface area contributed by atoms with Gasteiger partial charge in [0.2, 0.25) is 0 Å². The Morgan fingerprint density at radius 2 is 1.11 bits per heavy atom. The molecule has 6 heteroatoms. The first-order valence-corrected chi connectivity index (χ1v) is 8.27. The molecule has 0 bridgehead atoms. The van der Waals surface area contributed by atoms with Crippen LogP contribution in [0.4, 0.5) is 0 Å². The van der Waals surface area contributed by atoms with E-state index < -0.39 is 11.9 Å². The van der Waals surface area contributed by atoms with Gasteiger partial charge in [-0.05, 0) is 47.5 Å². The van der Waals surface area contributed by atoms with Crippen molar-refractivity contribution >= 4 is 29.9 Å². The van der Waals surface area contributed by atoms with Gasteiger partial charge in [-0.25, -0.2) is 9.59 Å². The van der Waals surface area contributed by atoms with Crippen LogP contribution in [0.3, 0.4) is 0 Å². The van der Waals surface area contributed by atoms with E-state index in [0.29, 0.717) is 24.2 Å². The van der Waals surface area contributed by atoms with Crippen LogP contribution in [0.25, 0.3) is 12.2 Å². The van der Waals surface area contributed by atoms with Crippen LogP contribution in [-0.2, 0) is 4.79 Å². The van der Waals surface area contributed by atoms with Crippen molar-refractivity contribution in [2.75, 3.05) is 13.1 Å². The molecule has 136 valence electrons. The molecule has 0 atom stereocenters. The normalized spacial score (nSPS) is 17.3. The number of hydrogen-bond acceptors (Lipinski definition) is 4. The molecular formula is C21H17NO5. The van der Waals surface area contributed by atoms with E-state index in [1.165, 1.54) is 24.3 Å². The molecule has 0 spiro atoms. The van der Waals surface area contributed by atoms with Crippen LogP contribution in [0, 0.1) is 0 Å². The van der Waals surface area contributed by atoms with Crippen LogP contribution in [0.5, 0.6) is 0 Å². The lowest BCUT2D eigenvalue weighted by Gasteiger charge is -2.18. The summed E-state index contributed by atoms with van der Waals surface area (Å²) in [5.41, 5.74) is 3.04. The number of hydrogen-bond donors (Lipinski definition) is 3. The molecular weight excluding hydrogens is 346 g/mol. The maximum atomic E-state index is 12.7. The molecule has 27 heavy (non-hydrogen) atoms. The number of carboxylic acid groups (broad SMARTS) is 2. The second kappa shape index (κ2) is 7.80. The summed E-state index contributed by atoms with van der Waals surface area (Å²) in [7, 11) is 0. The number of carbonyl (C=O) groups excluding carboxylic acids is 1. The highest BCUT2D eigenvalue weighted by atomic mass is 16.4. The summed E-state index contributed by atoms with van der Waals surface area (Å²) in [5, 5.41) is 21.1. The summed E-state index contributed by atoms with van der Waals surface area (Å²) >= 11 is 0. The number of nitrogens with one attached hydrogen (secondary N) is 1. The molecule has 0 radical (unpaired) electrons. The van der Waals surface area contributed by atoms with Crippen LogP contribution in [0.1, 0.15) is 31.8 Å². The average Bonchev–Trinajstić information content (AvgIpc) is 2.66. The van der Waals surface area contributed by atoms with E-state index in [1.807, 2.05) is 0 Å². The van der Waals surface area contributed by atoms with Crippen molar-refractivity contribution in [1.29, 1.82) is 0 Å². The fourth-order valence-electron chi connectivity index (χ4n) is 2.78. The Morgan fingerprint density at radius 1 is 0.741 bits per heavy atom. The van der Waals surface area contributed by atoms with Crippen LogP contribution < -0.4 is 5.32 Å². The second-order valence-electron chi connectivity index (χ2n) is 6.13. The van der Waals surface area contributed by atoms with Crippen LogP contribution >= 0.6 is 0 Å². The van der Waals surface area contributed by atoms with Gasteiger partial charge < -0.3 is 15.5 Å². The van der Waals surface area contributed by atoms with Crippen molar-refractivity contribution in [3.63, 3.8) is 0 Å². The van der Waals surface area contributed by atoms with E-state index in [9.17, 15) is 14.4 Å². The first-order valence-electron chi connectivity index (χ1n) is 8.27. The first kappa shape index (κ1) is 18.3. The van der Waals surface area contributed by atoms with E-state index in [1.54, 1.807) is 36.4 Å². The summed E-state index contributed by atoms with van der Waals surface area (Å²) in [5.74, 6) is -2.08. The van der Waals surface area contributed by atoms with Gasteiger partial charge in [0.25, 0.3) is 0 Å². The number of rotatable bonds is 4. The van der Waals surface area contributed by atoms with Crippen LogP contribution in [0.2, 0.25) is 0 Å². The lowest BCUT2D eigenvalue weighted by atomic mass is 9.95. The minimum Gasteiger partial charge on any atom is -0.478 e. The molecule has 1 aliphatic heterocycles. The third-order valence-electron chi connectivity index (χ3n) is 4.21. The Balaban J connectivity index is 1.82. The summed E-state index contributed by atoms with van der Waals surface area (Å²) in [6, 6.07) is 12.6. The van der Waals surface area contributed by atoms with Crippen LogP contribution in [-0.4, -0.2) is 41.0 Å². The smallest absolute Gasteiger partial charge is 0.335 e. The molecule has 1 fully saturated rings. The van der Waals surface area contributed by atoms with Crippen molar-refractivity contribution in [2.24, 2.45) is 0 Å². The Labute approximate surface area is 155 Å². The second-order valence-corrected chi connectivity index (χ2v) is 6.13. The molecule has 0 unspecified atom stereocenters. The van der Waals surface area contributed by atoms with Gasteiger partial charge in [0, 0.05) is 24.2 Å². The molecule has 0 aliphatic carbocycles. The molecule has 3 rings (SSSR count). The number of piperidine rings is 1. The number of carbonyl (C=O) groups is 3. The lowest BCUT2D eigenvalue weighted by Crippen LogP contribution is -2.32. The molecule has 3 N–H and O–H groups in total. The van der Waals surface area contributed by atoms with Gasteiger partial charge in [0.05, 0.1) is 11.1 Å². The van der Waals surface area contributed by atoms with Gasteiger partial charge in [-0.15, -0.1) is 0 Å². The standard InChI is InChI=1S/C21H17NO5/c23-19-17(9-13-1-5-15(6-2-13)20(24)25)11-22-12-18(19)10-14-3-7-16(8-4-14)21(26)27/h1-10,22H,11-12H2,(H,24,25)(H,26,27)/b17-9-,18-10+. The van der Waals surface area contributed by atoms with E-state index in [0.717, 1.165) is 11.1 Å². The molecule has 1 heterocycles. The van der Waals surface area contributed by atoms with Gasteiger partial charge in [-0.3, -0.25) is 4.79 Å². The number of ketones is 1. The van der Waals surface area contributed by atoms with Crippen molar-refractivity contribution in [3.8, 4) is 0 Å². The summed E-state index contributed by atoms with van der Waals surface area (Å²) in [4.78, 5) is 34.5. The van der Waals surface area contributed by atoms with E-state index in [-0.39, 0.29) is 16.9 Å². The fraction of sp³-hybridized carbons (Fsp3) is 0.0952. The molecule has 6 nitrogen and oxygen atoms in total. The maximum absolute atomic E-state index is 12.7. The largest absolute Gasteiger partial charge is 0.478 e. The van der Waals surface area contributed by atoms with E-state index in [2.05, 4.69) is 5.32 Å². The number of benzene rings is 2. The Hall–Kier alpha value is -3.51.